The molecule has 224 valence electrons. The third-order valence-electron chi connectivity index (χ3n) is 7.41. The van der Waals surface area contributed by atoms with Gasteiger partial charge in [0.15, 0.2) is 0 Å². The van der Waals surface area contributed by atoms with Gasteiger partial charge < -0.3 is 24.6 Å². The van der Waals surface area contributed by atoms with Crippen LogP contribution in [-0.4, -0.2) is 77.3 Å². The first-order valence-electron chi connectivity index (χ1n) is 14.7. The quantitative estimate of drug-likeness (QED) is 0.316. The van der Waals surface area contributed by atoms with Crippen molar-refractivity contribution in [2.24, 2.45) is 0 Å². The molecule has 3 aromatic rings. The Kier molecular flexibility index (Phi) is 9.38. The molecule has 9 nitrogen and oxygen atoms in total. The Morgan fingerprint density at radius 2 is 1.76 bits per heavy atom. The number of ether oxygens (including phenoxy) is 2. The highest BCUT2D eigenvalue weighted by atomic mass is 35.5. The monoisotopic (exact) mass is 592 g/mol. The van der Waals surface area contributed by atoms with Crippen molar-refractivity contribution < 1.29 is 14.3 Å². The Balaban J connectivity index is 1.16. The Labute approximate surface area is 253 Å². The van der Waals surface area contributed by atoms with Crippen LogP contribution in [0.2, 0.25) is 5.02 Å². The third-order valence-corrected chi connectivity index (χ3v) is 7.65. The SMILES string of the molecule is Cc1ncc2c(n1)N(CCCN1CCN(C(=O)OC(C)(C)C)CC1)CCC2Nc1cccc(Oc2cccc(Cl)c2)c1. The Morgan fingerprint density at radius 3 is 2.50 bits per heavy atom. The summed E-state index contributed by atoms with van der Waals surface area (Å²) < 4.78 is 11.6. The molecule has 1 amide bonds. The van der Waals surface area contributed by atoms with Crippen molar-refractivity contribution in [2.45, 2.75) is 52.2 Å². The second kappa shape index (κ2) is 13.2. The first-order chi connectivity index (χ1) is 20.1. The molecule has 10 heteroatoms. The number of aromatic nitrogens is 2. The van der Waals surface area contributed by atoms with E-state index >= 15 is 0 Å². The van der Waals surface area contributed by atoms with E-state index < -0.39 is 5.60 Å². The number of rotatable bonds is 8. The van der Waals surface area contributed by atoms with Crippen LogP contribution in [0, 0.1) is 6.92 Å². The first kappa shape index (κ1) is 29.9. The average Bonchev–Trinajstić information content (AvgIpc) is 2.94. The van der Waals surface area contributed by atoms with Crippen molar-refractivity contribution in [3.05, 3.63) is 71.1 Å². The van der Waals surface area contributed by atoms with Crippen molar-refractivity contribution in [3.63, 3.8) is 0 Å². The van der Waals surface area contributed by atoms with Crippen molar-refractivity contribution >= 4 is 29.2 Å². The number of aryl methyl sites for hydroxylation is 1. The van der Waals surface area contributed by atoms with Gasteiger partial charge in [0.2, 0.25) is 0 Å². The molecule has 0 aliphatic carbocycles. The molecule has 1 atom stereocenters. The highest BCUT2D eigenvalue weighted by Gasteiger charge is 2.28. The van der Waals surface area contributed by atoms with E-state index in [0.29, 0.717) is 23.9 Å². The molecular weight excluding hydrogens is 552 g/mol. The number of carbonyl (C=O) groups is 1. The van der Waals surface area contributed by atoms with E-state index in [4.69, 9.17) is 26.1 Å². The average molecular weight is 593 g/mol. The summed E-state index contributed by atoms with van der Waals surface area (Å²) in [6, 6.07) is 15.5. The van der Waals surface area contributed by atoms with Crippen LogP contribution in [0.5, 0.6) is 11.5 Å². The van der Waals surface area contributed by atoms with E-state index in [-0.39, 0.29) is 12.1 Å². The molecule has 1 unspecified atom stereocenters. The number of hydrogen-bond donors (Lipinski definition) is 1. The van der Waals surface area contributed by atoms with Crippen LogP contribution in [0.4, 0.5) is 16.3 Å². The smallest absolute Gasteiger partial charge is 0.410 e. The lowest BCUT2D eigenvalue weighted by Crippen LogP contribution is -2.50. The minimum Gasteiger partial charge on any atom is -0.457 e. The van der Waals surface area contributed by atoms with Gasteiger partial charge >= 0.3 is 6.09 Å². The molecule has 1 saturated heterocycles. The summed E-state index contributed by atoms with van der Waals surface area (Å²) in [5, 5.41) is 4.33. The molecule has 1 N–H and O–H groups in total. The van der Waals surface area contributed by atoms with E-state index in [2.05, 4.69) is 26.2 Å². The van der Waals surface area contributed by atoms with Crippen LogP contribution in [0.1, 0.15) is 51.0 Å². The van der Waals surface area contributed by atoms with E-state index in [1.54, 1.807) is 6.07 Å². The van der Waals surface area contributed by atoms with Gasteiger partial charge in [0, 0.05) is 67.8 Å². The van der Waals surface area contributed by atoms with Gasteiger partial charge in [-0.05, 0) is 77.4 Å². The molecule has 42 heavy (non-hydrogen) atoms. The van der Waals surface area contributed by atoms with Gasteiger partial charge in [0.1, 0.15) is 28.7 Å². The zero-order valence-corrected chi connectivity index (χ0v) is 25.7. The number of hydrogen-bond acceptors (Lipinski definition) is 8. The van der Waals surface area contributed by atoms with Crippen LogP contribution in [-0.2, 0) is 4.74 Å². The Hall–Kier alpha value is -3.56. The van der Waals surface area contributed by atoms with Crippen molar-refractivity contribution in [1.29, 1.82) is 0 Å². The number of amides is 1. The lowest BCUT2D eigenvalue weighted by Gasteiger charge is -2.37. The lowest BCUT2D eigenvalue weighted by molar-refractivity contribution is 0.0145. The predicted molar refractivity (Wildman–Crippen MR) is 167 cm³/mol. The highest BCUT2D eigenvalue weighted by Crippen LogP contribution is 2.35. The fourth-order valence-corrected chi connectivity index (χ4v) is 5.54. The van der Waals surface area contributed by atoms with Gasteiger partial charge in [0.05, 0.1) is 6.04 Å². The Morgan fingerprint density at radius 1 is 1.02 bits per heavy atom. The van der Waals surface area contributed by atoms with Crippen LogP contribution in [0.15, 0.2) is 54.7 Å². The van der Waals surface area contributed by atoms with E-state index in [1.807, 2.05) is 75.2 Å². The van der Waals surface area contributed by atoms with Crippen molar-refractivity contribution in [1.82, 2.24) is 19.8 Å². The number of halogens is 1. The van der Waals surface area contributed by atoms with Crippen molar-refractivity contribution in [3.8, 4) is 11.5 Å². The van der Waals surface area contributed by atoms with Gasteiger partial charge in [-0.1, -0.05) is 23.7 Å². The molecular formula is C32H41ClN6O3. The summed E-state index contributed by atoms with van der Waals surface area (Å²) in [5.74, 6) is 3.22. The lowest BCUT2D eigenvalue weighted by atomic mass is 10.00. The third kappa shape index (κ3) is 8.04. The minimum absolute atomic E-state index is 0.0965. The number of nitrogens with zero attached hydrogens (tertiary/aromatic N) is 5. The van der Waals surface area contributed by atoms with Gasteiger partial charge in [0.25, 0.3) is 0 Å². The molecule has 0 bridgehead atoms. The number of fused-ring (bicyclic) bond motifs is 1. The van der Waals surface area contributed by atoms with Gasteiger partial charge in [-0.15, -0.1) is 0 Å². The van der Waals surface area contributed by atoms with Gasteiger partial charge in [-0.3, -0.25) is 4.90 Å². The van der Waals surface area contributed by atoms with Gasteiger partial charge in [-0.2, -0.15) is 0 Å². The maximum Gasteiger partial charge on any atom is 0.410 e. The molecule has 0 spiro atoms. The molecule has 1 fully saturated rings. The molecule has 2 aliphatic rings. The summed E-state index contributed by atoms with van der Waals surface area (Å²) in [7, 11) is 0. The van der Waals surface area contributed by atoms with Gasteiger partial charge in [-0.25, -0.2) is 14.8 Å². The molecule has 1 aromatic heterocycles. The zero-order chi connectivity index (χ0) is 29.7. The first-order valence-corrected chi connectivity index (χ1v) is 15.1. The number of piperazine rings is 1. The number of carbonyl (C=O) groups excluding carboxylic acids is 1. The second-order valence-corrected chi connectivity index (χ2v) is 12.4. The molecule has 3 heterocycles. The molecule has 5 rings (SSSR count). The standard InChI is InChI=1S/C32H41ClN6O3/c1-23-34-22-28-29(36-25-9-6-11-27(21-25)41-26-10-5-8-24(33)20-26)12-15-38(30(28)35-23)14-7-13-37-16-18-39(19-17-37)31(40)42-32(2,3)4/h5-6,8-11,20-22,29,36H,7,12-19H2,1-4H3. The Bertz CT molecular complexity index is 1370. The maximum atomic E-state index is 12.4. The summed E-state index contributed by atoms with van der Waals surface area (Å²) in [4.78, 5) is 28.4. The normalized spacial score (nSPS) is 17.5. The molecule has 2 aliphatic heterocycles. The molecule has 2 aromatic carbocycles. The predicted octanol–water partition coefficient (Wildman–Crippen LogP) is 6.54. The van der Waals surface area contributed by atoms with Crippen LogP contribution in [0.25, 0.3) is 0 Å². The van der Waals surface area contributed by atoms with E-state index in [1.165, 1.54) is 0 Å². The maximum absolute atomic E-state index is 12.4. The van der Waals surface area contributed by atoms with Crippen LogP contribution >= 0.6 is 11.6 Å². The second-order valence-electron chi connectivity index (χ2n) is 11.9. The van der Waals surface area contributed by atoms with Crippen molar-refractivity contribution in [2.75, 3.05) is 56.0 Å². The molecule has 0 saturated carbocycles. The largest absolute Gasteiger partial charge is 0.457 e. The zero-order valence-electron chi connectivity index (χ0n) is 25.0. The van der Waals surface area contributed by atoms with E-state index in [0.717, 1.165) is 74.2 Å². The summed E-state index contributed by atoms with van der Waals surface area (Å²) >= 11 is 6.12. The number of nitrogens with one attached hydrogen (secondary N) is 1. The number of anilines is 2. The van der Waals surface area contributed by atoms with Crippen LogP contribution in [0.3, 0.4) is 0 Å². The molecule has 0 radical (unpaired) electrons. The summed E-state index contributed by atoms with van der Waals surface area (Å²) in [6.45, 7) is 13.6. The van der Waals surface area contributed by atoms with E-state index in [9.17, 15) is 4.79 Å². The topological polar surface area (TPSA) is 83.1 Å². The highest BCUT2D eigenvalue weighted by molar-refractivity contribution is 6.30. The fourth-order valence-electron chi connectivity index (χ4n) is 5.36. The summed E-state index contributed by atoms with van der Waals surface area (Å²) in [6.07, 6.45) is 3.71. The summed E-state index contributed by atoms with van der Waals surface area (Å²) in [5.41, 5.74) is 1.62. The van der Waals surface area contributed by atoms with Crippen LogP contribution < -0.4 is 15.0 Å². The minimum atomic E-state index is -0.467. The number of benzene rings is 2. The fraction of sp³-hybridized carbons (Fsp3) is 0.469.